The van der Waals surface area contributed by atoms with Crippen molar-refractivity contribution in [3.05, 3.63) is 35.9 Å². The first-order chi connectivity index (χ1) is 7.68. The molecule has 3 nitrogen and oxygen atoms in total. The molecule has 0 aliphatic heterocycles. The van der Waals surface area contributed by atoms with E-state index in [2.05, 4.69) is 0 Å². The molecule has 0 aliphatic rings. The average Bonchev–Trinajstić information content (AvgIpc) is 2.29. The third-order valence-electron chi connectivity index (χ3n) is 1.63. The third-order valence-corrected chi connectivity index (χ3v) is 1.63. The summed E-state index contributed by atoms with van der Waals surface area (Å²) in [5.41, 5.74) is 7.30. The Bertz CT molecular complexity index is 328. The van der Waals surface area contributed by atoms with Gasteiger partial charge in [-0.3, -0.25) is 4.79 Å². The van der Waals surface area contributed by atoms with Crippen molar-refractivity contribution < 1.29 is 9.53 Å². The minimum Gasteiger partial charge on any atom is -0.462 e. The number of esters is 1. The second-order valence-electron chi connectivity index (χ2n) is 2.87. The van der Waals surface area contributed by atoms with Crippen LogP contribution in [0, 0.1) is 0 Å². The summed E-state index contributed by atoms with van der Waals surface area (Å²) >= 11 is 0. The molecular formula is C13H19NO2. The molecule has 1 rings (SSSR count). The van der Waals surface area contributed by atoms with E-state index in [1.807, 2.05) is 44.2 Å². The second kappa shape index (κ2) is 8.53. The van der Waals surface area contributed by atoms with Crippen LogP contribution in [0.2, 0.25) is 0 Å². The molecule has 3 heteroatoms. The predicted molar refractivity (Wildman–Crippen MR) is 67.9 cm³/mol. The molecule has 0 bridgehead atoms. The number of ether oxygens (including phenoxy) is 1. The summed E-state index contributed by atoms with van der Waals surface area (Å²) in [4.78, 5) is 10.4. The number of carbonyl (C=O) groups is 1. The first-order valence-corrected chi connectivity index (χ1v) is 5.34. The van der Waals surface area contributed by atoms with Crippen LogP contribution < -0.4 is 5.73 Å². The van der Waals surface area contributed by atoms with Gasteiger partial charge in [-0.1, -0.05) is 32.1 Å². The molecule has 0 fully saturated rings. The maximum atomic E-state index is 10.4. The predicted octanol–water partition coefficient (Wildman–Crippen LogP) is 2.87. The fourth-order valence-electron chi connectivity index (χ4n) is 0.957. The van der Waals surface area contributed by atoms with Gasteiger partial charge in [0.25, 0.3) is 0 Å². The maximum Gasteiger partial charge on any atom is 0.302 e. The molecule has 16 heavy (non-hydrogen) atoms. The highest BCUT2D eigenvalue weighted by Gasteiger charge is 1.88. The molecule has 0 saturated carbocycles. The number of anilines is 1. The van der Waals surface area contributed by atoms with Crippen molar-refractivity contribution in [3.8, 4) is 0 Å². The Labute approximate surface area is 96.9 Å². The van der Waals surface area contributed by atoms with Gasteiger partial charge in [0.2, 0.25) is 0 Å². The van der Waals surface area contributed by atoms with Gasteiger partial charge in [-0.05, 0) is 23.8 Å². The summed E-state index contributed by atoms with van der Waals surface area (Å²) in [6, 6.07) is 7.45. The van der Waals surface area contributed by atoms with Crippen LogP contribution in [-0.2, 0) is 9.53 Å². The van der Waals surface area contributed by atoms with Gasteiger partial charge in [-0.25, -0.2) is 0 Å². The Hall–Kier alpha value is -1.77. The molecular weight excluding hydrogens is 202 g/mol. The van der Waals surface area contributed by atoms with Crippen LogP contribution in [0.25, 0.3) is 6.08 Å². The number of nitrogens with two attached hydrogens (primary N) is 1. The van der Waals surface area contributed by atoms with Crippen LogP contribution in [0.15, 0.2) is 30.3 Å². The minimum atomic E-state index is -0.271. The van der Waals surface area contributed by atoms with E-state index in [4.69, 9.17) is 10.5 Å². The number of benzene rings is 1. The zero-order valence-corrected chi connectivity index (χ0v) is 10.1. The molecule has 0 saturated heterocycles. The van der Waals surface area contributed by atoms with E-state index in [1.54, 1.807) is 6.08 Å². The fraction of sp³-hybridized carbons (Fsp3) is 0.308. The molecule has 0 aliphatic carbocycles. The summed E-state index contributed by atoms with van der Waals surface area (Å²) in [5.74, 6) is -0.271. The zero-order chi connectivity index (χ0) is 12.4. The highest BCUT2D eigenvalue weighted by Crippen LogP contribution is 2.06. The molecule has 0 atom stereocenters. The van der Waals surface area contributed by atoms with Gasteiger partial charge in [-0.15, -0.1) is 0 Å². The van der Waals surface area contributed by atoms with Crippen LogP contribution in [0.3, 0.4) is 0 Å². The van der Waals surface area contributed by atoms with Crippen molar-refractivity contribution in [3.63, 3.8) is 0 Å². The first-order valence-electron chi connectivity index (χ1n) is 5.34. The maximum absolute atomic E-state index is 10.4. The van der Waals surface area contributed by atoms with Gasteiger partial charge in [0, 0.05) is 12.6 Å². The highest BCUT2D eigenvalue weighted by molar-refractivity contribution is 5.66. The quantitative estimate of drug-likeness (QED) is 0.630. The summed E-state index contributed by atoms with van der Waals surface area (Å²) in [7, 11) is 0. The van der Waals surface area contributed by atoms with Gasteiger partial charge in [0.1, 0.15) is 6.61 Å². The second-order valence-corrected chi connectivity index (χ2v) is 2.87. The summed E-state index contributed by atoms with van der Waals surface area (Å²) in [6.45, 7) is 5.69. The number of hydrogen-bond donors (Lipinski definition) is 1. The minimum absolute atomic E-state index is 0.271. The van der Waals surface area contributed by atoms with E-state index in [0.29, 0.717) is 6.61 Å². The lowest BCUT2D eigenvalue weighted by atomic mass is 10.2. The van der Waals surface area contributed by atoms with Gasteiger partial charge < -0.3 is 10.5 Å². The third kappa shape index (κ3) is 6.65. The topological polar surface area (TPSA) is 52.3 Å². The standard InChI is InChI=1S/C11H13NO2.C2H6/c1-9(13)14-8-2-3-10-4-6-11(12)7-5-10;1-2/h2-7H,8,12H2,1H3;1-2H3/b3-2+;. The number of hydrogen-bond acceptors (Lipinski definition) is 3. The average molecular weight is 221 g/mol. The molecule has 0 unspecified atom stereocenters. The van der Waals surface area contributed by atoms with Crippen LogP contribution in [0.4, 0.5) is 5.69 Å². The summed E-state index contributed by atoms with van der Waals surface area (Å²) in [5, 5.41) is 0. The van der Waals surface area contributed by atoms with E-state index in [9.17, 15) is 4.79 Å². The van der Waals surface area contributed by atoms with Crippen LogP contribution in [0.5, 0.6) is 0 Å². The Morgan fingerprint density at radius 3 is 2.38 bits per heavy atom. The number of rotatable bonds is 3. The van der Waals surface area contributed by atoms with Gasteiger partial charge in [-0.2, -0.15) is 0 Å². The Morgan fingerprint density at radius 2 is 1.88 bits per heavy atom. The monoisotopic (exact) mass is 221 g/mol. The Kier molecular flexibility index (Phi) is 7.59. The number of nitrogen functional groups attached to an aromatic ring is 1. The lowest BCUT2D eigenvalue weighted by Crippen LogP contribution is -1.97. The van der Waals surface area contributed by atoms with E-state index in [1.165, 1.54) is 6.92 Å². The summed E-state index contributed by atoms with van der Waals surface area (Å²) < 4.78 is 4.74. The van der Waals surface area contributed by atoms with Crippen LogP contribution >= 0.6 is 0 Å². The molecule has 2 N–H and O–H groups in total. The normalized spacial score (nSPS) is 9.44. The van der Waals surface area contributed by atoms with Gasteiger partial charge >= 0.3 is 5.97 Å². The lowest BCUT2D eigenvalue weighted by molar-refractivity contribution is -0.139. The van der Waals surface area contributed by atoms with Crippen molar-refractivity contribution in [2.45, 2.75) is 20.8 Å². The van der Waals surface area contributed by atoms with Gasteiger partial charge in [0.05, 0.1) is 0 Å². The Morgan fingerprint density at radius 1 is 1.31 bits per heavy atom. The Balaban J connectivity index is 0.00000106. The van der Waals surface area contributed by atoms with E-state index in [-0.39, 0.29) is 5.97 Å². The molecule has 0 amide bonds. The molecule has 1 aromatic carbocycles. The molecule has 88 valence electrons. The fourth-order valence-corrected chi connectivity index (χ4v) is 0.957. The largest absolute Gasteiger partial charge is 0.462 e. The van der Waals surface area contributed by atoms with E-state index < -0.39 is 0 Å². The van der Waals surface area contributed by atoms with Gasteiger partial charge in [0.15, 0.2) is 0 Å². The van der Waals surface area contributed by atoms with Crippen molar-refractivity contribution in [2.24, 2.45) is 0 Å². The van der Waals surface area contributed by atoms with E-state index in [0.717, 1.165) is 11.3 Å². The number of carbonyl (C=O) groups excluding carboxylic acids is 1. The van der Waals surface area contributed by atoms with Crippen molar-refractivity contribution in [1.29, 1.82) is 0 Å². The lowest BCUT2D eigenvalue weighted by Gasteiger charge is -1.96. The van der Waals surface area contributed by atoms with E-state index >= 15 is 0 Å². The van der Waals surface area contributed by atoms with Crippen molar-refractivity contribution in [1.82, 2.24) is 0 Å². The van der Waals surface area contributed by atoms with Crippen molar-refractivity contribution >= 4 is 17.7 Å². The highest BCUT2D eigenvalue weighted by atomic mass is 16.5. The van der Waals surface area contributed by atoms with Crippen LogP contribution in [-0.4, -0.2) is 12.6 Å². The molecule has 0 spiro atoms. The van der Waals surface area contributed by atoms with Crippen molar-refractivity contribution in [2.75, 3.05) is 12.3 Å². The SMILES string of the molecule is CC.CC(=O)OC/C=C/c1ccc(N)cc1. The zero-order valence-electron chi connectivity index (χ0n) is 10.1. The molecule has 0 radical (unpaired) electrons. The summed E-state index contributed by atoms with van der Waals surface area (Å²) in [6.07, 6.45) is 3.66. The first kappa shape index (κ1) is 14.2. The molecule has 1 aromatic rings. The molecule has 0 aromatic heterocycles. The van der Waals surface area contributed by atoms with Crippen LogP contribution in [0.1, 0.15) is 26.3 Å². The molecule has 0 heterocycles. The smallest absolute Gasteiger partial charge is 0.302 e.